The molecule has 5 nitrogen and oxygen atoms in total. The molecule has 0 spiro atoms. The smallest absolute Gasteiger partial charge is 0.366 e. The largest absolute Gasteiger partial charge is 0.481 e. The molecule has 2 unspecified atom stereocenters. The quantitative estimate of drug-likeness (QED) is 0.669. The Kier molecular flexibility index (Phi) is 5.13. The molecule has 0 fully saturated rings. The average Bonchev–Trinajstić information content (AvgIpc) is 2.16. The number of carbonyl (C=O) groups is 2. The number of quaternary nitrogens is 1. The number of aliphatic carboxylic acids is 2. The summed E-state index contributed by atoms with van der Waals surface area (Å²) in [7, 11) is 3.58. The summed E-state index contributed by atoms with van der Waals surface area (Å²) < 4.78 is 0.169. The molecule has 0 aromatic carbocycles. The summed E-state index contributed by atoms with van der Waals surface area (Å²) in [5, 5.41) is 18.3. The molecule has 0 aliphatic heterocycles. The van der Waals surface area contributed by atoms with Crippen LogP contribution in [0.4, 0.5) is 0 Å². The van der Waals surface area contributed by atoms with Crippen LogP contribution >= 0.6 is 0 Å². The summed E-state index contributed by atoms with van der Waals surface area (Å²) in [6.45, 7) is 5.51. The summed E-state index contributed by atoms with van der Waals surface area (Å²) >= 11 is 0. The Morgan fingerprint density at radius 1 is 1.29 bits per heavy atom. The number of likely N-dealkylation sites (N-methyl/N-ethyl adjacent to an activating group) is 1. The van der Waals surface area contributed by atoms with Crippen molar-refractivity contribution in [1.29, 1.82) is 0 Å². The Hall–Kier alpha value is -1.10. The third-order valence-electron chi connectivity index (χ3n) is 4.04. The molecule has 0 heterocycles. The van der Waals surface area contributed by atoms with E-state index in [9.17, 15) is 14.7 Å². The van der Waals surface area contributed by atoms with E-state index in [1.165, 1.54) is 6.92 Å². The fourth-order valence-corrected chi connectivity index (χ4v) is 2.05. The van der Waals surface area contributed by atoms with Crippen LogP contribution in [0.3, 0.4) is 0 Å². The molecule has 5 heteroatoms. The lowest BCUT2D eigenvalue weighted by molar-refractivity contribution is -0.951. The van der Waals surface area contributed by atoms with Gasteiger partial charge >= 0.3 is 11.9 Å². The predicted octanol–water partition coefficient (Wildman–Crippen LogP) is 1.57. The van der Waals surface area contributed by atoms with Gasteiger partial charge in [0, 0.05) is 6.92 Å². The van der Waals surface area contributed by atoms with Crippen molar-refractivity contribution in [3.05, 3.63) is 0 Å². The van der Waals surface area contributed by atoms with E-state index in [1.807, 2.05) is 13.8 Å². The lowest BCUT2D eigenvalue weighted by atomic mass is 9.90. The van der Waals surface area contributed by atoms with E-state index < -0.39 is 17.5 Å². The second-order valence-electron chi connectivity index (χ2n) is 5.33. The summed E-state index contributed by atoms with van der Waals surface area (Å²) in [6, 6.07) is 0.0976. The third-order valence-corrected chi connectivity index (χ3v) is 4.04. The predicted molar refractivity (Wildman–Crippen MR) is 64.8 cm³/mol. The standard InChI is InChI=1S/C12H23NO4/c1-6-7-9(2)13(4,5)12(3,11(16)17)8-10(14)15/h9H,6-8H2,1-5H3,(H-,14,15,16,17)/p+1. The Morgan fingerprint density at radius 2 is 1.76 bits per heavy atom. The lowest BCUT2D eigenvalue weighted by Crippen LogP contribution is -2.66. The van der Waals surface area contributed by atoms with Gasteiger partial charge in [0.1, 0.15) is 6.42 Å². The summed E-state index contributed by atoms with van der Waals surface area (Å²) in [5.74, 6) is -2.14. The van der Waals surface area contributed by atoms with E-state index >= 15 is 0 Å². The van der Waals surface area contributed by atoms with Gasteiger partial charge in [0.25, 0.3) is 0 Å². The average molecular weight is 246 g/mol. The highest BCUT2D eigenvalue weighted by molar-refractivity contribution is 5.83. The number of carboxylic acids is 2. The van der Waals surface area contributed by atoms with Gasteiger partial charge in [-0.3, -0.25) is 4.79 Å². The van der Waals surface area contributed by atoms with Crippen LogP contribution in [0.5, 0.6) is 0 Å². The molecule has 0 aliphatic rings. The van der Waals surface area contributed by atoms with Crippen molar-refractivity contribution >= 4 is 11.9 Å². The zero-order valence-corrected chi connectivity index (χ0v) is 11.4. The highest BCUT2D eigenvalue weighted by Crippen LogP contribution is 2.30. The first-order chi connectivity index (χ1) is 7.59. The maximum absolute atomic E-state index is 11.4. The van der Waals surface area contributed by atoms with Crippen LogP contribution in [0.1, 0.15) is 40.0 Å². The molecule has 0 bridgehead atoms. The van der Waals surface area contributed by atoms with Crippen molar-refractivity contribution in [2.24, 2.45) is 0 Å². The van der Waals surface area contributed by atoms with Crippen LogP contribution in [0.25, 0.3) is 0 Å². The molecule has 0 amide bonds. The first-order valence-electron chi connectivity index (χ1n) is 5.88. The maximum atomic E-state index is 11.4. The molecule has 17 heavy (non-hydrogen) atoms. The van der Waals surface area contributed by atoms with E-state index in [0.717, 1.165) is 12.8 Å². The van der Waals surface area contributed by atoms with Crippen molar-refractivity contribution in [3.63, 3.8) is 0 Å². The van der Waals surface area contributed by atoms with E-state index in [4.69, 9.17) is 5.11 Å². The number of carboxylic acid groups (broad SMARTS) is 2. The second kappa shape index (κ2) is 5.49. The van der Waals surface area contributed by atoms with Gasteiger partial charge in [-0.15, -0.1) is 0 Å². The Bertz CT molecular complexity index is 301. The van der Waals surface area contributed by atoms with Crippen molar-refractivity contribution < 1.29 is 24.3 Å². The topological polar surface area (TPSA) is 74.6 Å². The lowest BCUT2D eigenvalue weighted by Gasteiger charge is -2.47. The molecule has 2 atom stereocenters. The Labute approximate surface area is 103 Å². The van der Waals surface area contributed by atoms with Gasteiger partial charge in [-0.2, -0.15) is 0 Å². The molecule has 0 aromatic rings. The summed E-state index contributed by atoms with van der Waals surface area (Å²) in [4.78, 5) is 22.3. The highest BCUT2D eigenvalue weighted by atomic mass is 16.4. The van der Waals surface area contributed by atoms with Gasteiger partial charge in [-0.25, -0.2) is 4.79 Å². The minimum Gasteiger partial charge on any atom is -0.481 e. The molecule has 0 aliphatic carbocycles. The van der Waals surface area contributed by atoms with Crippen LogP contribution in [-0.2, 0) is 9.59 Å². The van der Waals surface area contributed by atoms with Crippen LogP contribution in [0, 0.1) is 0 Å². The van der Waals surface area contributed by atoms with Gasteiger partial charge < -0.3 is 14.7 Å². The highest BCUT2D eigenvalue weighted by Gasteiger charge is 2.52. The number of rotatable bonds is 7. The van der Waals surface area contributed by atoms with Crippen LogP contribution in [0.15, 0.2) is 0 Å². The van der Waals surface area contributed by atoms with Gasteiger partial charge in [0.05, 0.1) is 20.1 Å². The maximum Gasteiger partial charge on any atom is 0.366 e. The molecular formula is C12H24NO4+. The normalized spacial score (nSPS) is 17.2. The Balaban J connectivity index is 5.29. The summed E-state index contributed by atoms with van der Waals surface area (Å²) in [6.07, 6.45) is 1.45. The first-order valence-corrected chi connectivity index (χ1v) is 5.88. The van der Waals surface area contributed by atoms with Gasteiger partial charge in [0.2, 0.25) is 5.54 Å². The molecule has 0 rings (SSSR count). The van der Waals surface area contributed by atoms with Crippen LogP contribution in [-0.4, -0.2) is 52.3 Å². The SMILES string of the molecule is CCCC(C)[N+](C)(C)C(C)(CC(=O)O)C(=O)O. The molecular weight excluding hydrogens is 222 g/mol. The fraction of sp³-hybridized carbons (Fsp3) is 0.833. The van der Waals surface area contributed by atoms with E-state index in [2.05, 4.69) is 0 Å². The monoisotopic (exact) mass is 246 g/mol. The second-order valence-corrected chi connectivity index (χ2v) is 5.33. The fourth-order valence-electron chi connectivity index (χ4n) is 2.05. The number of hydrogen-bond donors (Lipinski definition) is 2. The minimum absolute atomic E-state index is 0.0976. The van der Waals surface area contributed by atoms with Crippen molar-refractivity contribution in [2.75, 3.05) is 14.1 Å². The minimum atomic E-state index is -1.31. The van der Waals surface area contributed by atoms with E-state index in [-0.39, 0.29) is 16.9 Å². The van der Waals surface area contributed by atoms with Crippen molar-refractivity contribution in [2.45, 2.75) is 51.6 Å². The number of hydrogen-bond acceptors (Lipinski definition) is 2. The third kappa shape index (κ3) is 3.19. The molecule has 0 saturated carbocycles. The molecule has 0 aromatic heterocycles. The molecule has 0 saturated heterocycles. The van der Waals surface area contributed by atoms with Gasteiger partial charge in [-0.05, 0) is 13.3 Å². The number of nitrogens with zero attached hydrogens (tertiary/aromatic N) is 1. The van der Waals surface area contributed by atoms with E-state index in [0.29, 0.717) is 0 Å². The first kappa shape index (κ1) is 15.9. The molecule has 100 valence electrons. The van der Waals surface area contributed by atoms with Crippen LogP contribution in [0.2, 0.25) is 0 Å². The van der Waals surface area contributed by atoms with Crippen LogP contribution < -0.4 is 0 Å². The Morgan fingerprint density at radius 3 is 2.06 bits per heavy atom. The van der Waals surface area contributed by atoms with Gasteiger partial charge in [0.15, 0.2) is 0 Å². The van der Waals surface area contributed by atoms with Crippen molar-refractivity contribution in [3.8, 4) is 0 Å². The van der Waals surface area contributed by atoms with Crippen molar-refractivity contribution in [1.82, 2.24) is 0 Å². The van der Waals surface area contributed by atoms with Gasteiger partial charge in [-0.1, -0.05) is 13.3 Å². The zero-order valence-electron chi connectivity index (χ0n) is 11.4. The zero-order chi connectivity index (χ0) is 13.9. The molecule has 0 radical (unpaired) electrons. The summed E-state index contributed by atoms with van der Waals surface area (Å²) in [5.41, 5.74) is -1.31. The molecule has 2 N–H and O–H groups in total. The van der Waals surface area contributed by atoms with E-state index in [1.54, 1.807) is 14.1 Å².